The lowest BCUT2D eigenvalue weighted by molar-refractivity contribution is 0.268. The number of hydrogen-bond donors (Lipinski definition) is 0. The molecule has 32 heavy (non-hydrogen) atoms. The van der Waals surface area contributed by atoms with Gasteiger partial charge in [-0.2, -0.15) is 0 Å². The van der Waals surface area contributed by atoms with Gasteiger partial charge in [-0.3, -0.25) is 0 Å². The Balaban J connectivity index is 1.27. The van der Waals surface area contributed by atoms with Crippen LogP contribution in [0.5, 0.6) is 5.75 Å². The number of anilines is 3. The molecule has 0 spiro atoms. The third-order valence-corrected chi connectivity index (χ3v) is 7.68. The molecule has 3 aromatic rings. The molecule has 0 amide bonds. The largest absolute Gasteiger partial charge is 0.489 e. The lowest BCUT2D eigenvalue weighted by Gasteiger charge is -2.38. The summed E-state index contributed by atoms with van der Waals surface area (Å²) >= 11 is 0. The highest BCUT2D eigenvalue weighted by atomic mass is 16.5. The molecule has 0 saturated heterocycles. The van der Waals surface area contributed by atoms with Gasteiger partial charge in [0, 0.05) is 51.5 Å². The van der Waals surface area contributed by atoms with Crippen molar-refractivity contribution < 1.29 is 4.74 Å². The number of likely N-dealkylation sites (N-methyl/N-ethyl adjacent to an activating group) is 3. The summed E-state index contributed by atoms with van der Waals surface area (Å²) < 4.78 is 6.09. The van der Waals surface area contributed by atoms with Crippen molar-refractivity contribution in [1.29, 1.82) is 0 Å². The second-order valence-corrected chi connectivity index (χ2v) is 9.63. The molecular formula is C28H31N3O. The molecule has 3 aliphatic rings. The van der Waals surface area contributed by atoms with Gasteiger partial charge in [0.2, 0.25) is 0 Å². The number of para-hydroxylation sites is 2. The predicted octanol–water partition coefficient (Wildman–Crippen LogP) is 5.02. The SMILES string of the molecule is CN1CCc2ccc(C3Cc4ccc(C5COc6ccccc6N5C)cc4N(C)C3)cc21. The summed E-state index contributed by atoms with van der Waals surface area (Å²) in [6.07, 6.45) is 2.27. The van der Waals surface area contributed by atoms with Crippen LogP contribution in [-0.4, -0.2) is 40.8 Å². The Morgan fingerprint density at radius 3 is 2.44 bits per heavy atom. The van der Waals surface area contributed by atoms with Gasteiger partial charge in [0.15, 0.2) is 0 Å². The minimum Gasteiger partial charge on any atom is -0.489 e. The van der Waals surface area contributed by atoms with Crippen LogP contribution in [0.25, 0.3) is 0 Å². The molecule has 4 nitrogen and oxygen atoms in total. The topological polar surface area (TPSA) is 19.0 Å². The number of rotatable bonds is 2. The van der Waals surface area contributed by atoms with Crippen molar-refractivity contribution in [2.45, 2.75) is 24.8 Å². The Labute approximate surface area is 191 Å². The molecule has 0 fully saturated rings. The van der Waals surface area contributed by atoms with E-state index in [2.05, 4.69) is 90.4 Å². The van der Waals surface area contributed by atoms with Crippen molar-refractivity contribution >= 4 is 17.1 Å². The fourth-order valence-electron chi connectivity index (χ4n) is 5.75. The molecule has 3 heterocycles. The van der Waals surface area contributed by atoms with Crippen molar-refractivity contribution in [3.05, 3.63) is 82.9 Å². The quantitative estimate of drug-likeness (QED) is 0.573. The molecule has 0 N–H and O–H groups in total. The second kappa shape index (κ2) is 7.47. The molecule has 4 heteroatoms. The Bertz CT molecular complexity index is 1170. The standard InChI is InChI=1S/C28H31N3O/c1-29-13-12-19-8-9-20(15-25(19)29)23-14-21-10-11-22(16-26(21)30(2)17-23)27-18-32-28-7-5-4-6-24(28)31(27)3/h4-11,15-16,23,27H,12-14,17-18H2,1-3H3. The van der Waals surface area contributed by atoms with Gasteiger partial charge < -0.3 is 19.4 Å². The van der Waals surface area contributed by atoms with Crippen LogP contribution in [0.1, 0.15) is 34.2 Å². The van der Waals surface area contributed by atoms with E-state index in [-0.39, 0.29) is 6.04 Å². The number of hydrogen-bond acceptors (Lipinski definition) is 4. The van der Waals surface area contributed by atoms with Crippen molar-refractivity contribution in [2.24, 2.45) is 0 Å². The zero-order chi connectivity index (χ0) is 21.8. The maximum absolute atomic E-state index is 6.09. The highest BCUT2D eigenvalue weighted by molar-refractivity contribution is 5.64. The molecule has 0 aliphatic carbocycles. The van der Waals surface area contributed by atoms with Gasteiger partial charge in [-0.25, -0.2) is 0 Å². The molecule has 0 radical (unpaired) electrons. The zero-order valence-electron chi connectivity index (χ0n) is 19.2. The first kappa shape index (κ1) is 19.5. The van der Waals surface area contributed by atoms with Gasteiger partial charge in [-0.05, 0) is 59.4 Å². The fraction of sp³-hybridized carbons (Fsp3) is 0.357. The van der Waals surface area contributed by atoms with Gasteiger partial charge in [0.1, 0.15) is 12.4 Å². The molecule has 6 rings (SSSR count). The van der Waals surface area contributed by atoms with Crippen molar-refractivity contribution in [1.82, 2.24) is 0 Å². The number of fused-ring (bicyclic) bond motifs is 3. The van der Waals surface area contributed by atoms with Crippen LogP contribution in [0.2, 0.25) is 0 Å². The molecule has 3 aliphatic heterocycles. The summed E-state index contributed by atoms with van der Waals surface area (Å²) in [5, 5.41) is 0. The monoisotopic (exact) mass is 425 g/mol. The molecule has 0 aromatic heterocycles. The van der Waals surface area contributed by atoms with Crippen LogP contribution in [0.15, 0.2) is 60.7 Å². The predicted molar refractivity (Wildman–Crippen MR) is 133 cm³/mol. The highest BCUT2D eigenvalue weighted by Gasteiger charge is 2.29. The molecule has 2 atom stereocenters. The van der Waals surface area contributed by atoms with E-state index < -0.39 is 0 Å². The summed E-state index contributed by atoms with van der Waals surface area (Å²) in [5.74, 6) is 1.51. The van der Waals surface area contributed by atoms with Crippen molar-refractivity contribution in [3.63, 3.8) is 0 Å². The number of nitrogens with zero attached hydrogens (tertiary/aromatic N) is 3. The van der Waals surface area contributed by atoms with Crippen LogP contribution in [0, 0.1) is 0 Å². The Kier molecular flexibility index (Phi) is 4.56. The summed E-state index contributed by atoms with van der Waals surface area (Å²) in [6.45, 7) is 2.87. The number of ether oxygens (including phenoxy) is 1. The van der Waals surface area contributed by atoms with Crippen LogP contribution in [0.3, 0.4) is 0 Å². The first-order valence-electron chi connectivity index (χ1n) is 11.7. The molecule has 2 unspecified atom stereocenters. The van der Waals surface area contributed by atoms with E-state index in [9.17, 15) is 0 Å². The van der Waals surface area contributed by atoms with E-state index in [0.29, 0.717) is 12.5 Å². The fourth-order valence-corrected chi connectivity index (χ4v) is 5.75. The molecular weight excluding hydrogens is 394 g/mol. The molecule has 0 bridgehead atoms. The van der Waals surface area contributed by atoms with E-state index in [1.165, 1.54) is 40.0 Å². The second-order valence-electron chi connectivity index (χ2n) is 9.63. The van der Waals surface area contributed by atoms with Crippen molar-refractivity contribution in [2.75, 3.05) is 55.5 Å². The molecule has 164 valence electrons. The minimum atomic E-state index is 0.230. The molecule has 3 aromatic carbocycles. The Hall–Kier alpha value is -3.14. The minimum absolute atomic E-state index is 0.230. The van der Waals surface area contributed by atoms with Gasteiger partial charge in [-0.15, -0.1) is 0 Å². The zero-order valence-corrected chi connectivity index (χ0v) is 19.2. The van der Waals surface area contributed by atoms with Crippen LogP contribution < -0.4 is 19.4 Å². The van der Waals surface area contributed by atoms with Crippen LogP contribution >= 0.6 is 0 Å². The third-order valence-electron chi connectivity index (χ3n) is 7.68. The van der Waals surface area contributed by atoms with Gasteiger partial charge in [-0.1, -0.05) is 36.4 Å². The van der Waals surface area contributed by atoms with E-state index >= 15 is 0 Å². The summed E-state index contributed by atoms with van der Waals surface area (Å²) in [5.41, 5.74) is 9.68. The normalized spacial score (nSPS) is 21.7. The van der Waals surface area contributed by atoms with Crippen LogP contribution in [0.4, 0.5) is 17.1 Å². The van der Waals surface area contributed by atoms with Gasteiger partial charge in [0.25, 0.3) is 0 Å². The highest BCUT2D eigenvalue weighted by Crippen LogP contribution is 2.41. The lowest BCUT2D eigenvalue weighted by Crippen LogP contribution is -2.34. The first-order chi connectivity index (χ1) is 15.6. The van der Waals surface area contributed by atoms with Crippen LogP contribution in [-0.2, 0) is 12.8 Å². The van der Waals surface area contributed by atoms with E-state index in [1.807, 2.05) is 6.07 Å². The summed E-state index contributed by atoms with van der Waals surface area (Å²) in [4.78, 5) is 7.20. The Morgan fingerprint density at radius 1 is 0.781 bits per heavy atom. The van der Waals surface area contributed by atoms with E-state index in [0.717, 1.165) is 30.9 Å². The van der Waals surface area contributed by atoms with E-state index in [1.54, 1.807) is 0 Å². The average molecular weight is 426 g/mol. The summed E-state index contributed by atoms with van der Waals surface area (Å²) in [7, 11) is 6.63. The van der Waals surface area contributed by atoms with Gasteiger partial charge in [0.05, 0.1) is 11.7 Å². The molecule has 0 saturated carbocycles. The van der Waals surface area contributed by atoms with Gasteiger partial charge >= 0.3 is 0 Å². The lowest BCUT2D eigenvalue weighted by atomic mass is 9.85. The smallest absolute Gasteiger partial charge is 0.142 e. The first-order valence-corrected chi connectivity index (χ1v) is 11.7. The summed E-state index contributed by atoms with van der Waals surface area (Å²) in [6, 6.07) is 22.7. The van der Waals surface area contributed by atoms with Crippen molar-refractivity contribution in [3.8, 4) is 5.75 Å². The van der Waals surface area contributed by atoms with E-state index in [4.69, 9.17) is 4.74 Å². The number of benzene rings is 3. The third kappa shape index (κ3) is 3.12. The maximum atomic E-state index is 6.09. The Morgan fingerprint density at radius 2 is 1.53 bits per heavy atom. The maximum Gasteiger partial charge on any atom is 0.142 e. The average Bonchev–Trinajstić information content (AvgIpc) is 3.19.